The number of hydrogen-bond acceptors (Lipinski definition) is 4. The van der Waals surface area contributed by atoms with Gasteiger partial charge in [0.25, 0.3) is 0 Å². The maximum Gasteiger partial charge on any atom is 0.214 e. The van der Waals surface area contributed by atoms with E-state index in [1.165, 1.54) is 6.07 Å². The van der Waals surface area contributed by atoms with E-state index in [9.17, 15) is 13.6 Å². The first kappa shape index (κ1) is 13.8. The lowest BCUT2D eigenvalue weighted by atomic mass is 10.1. The van der Waals surface area contributed by atoms with E-state index in [1.807, 2.05) is 0 Å². The first-order valence-corrected chi connectivity index (χ1v) is 6.77. The lowest BCUT2D eigenvalue weighted by Crippen LogP contribution is -2.29. The van der Waals surface area contributed by atoms with Gasteiger partial charge in [-0.25, -0.2) is 13.5 Å². The number of nitrogens with zero attached hydrogens (tertiary/aromatic N) is 3. The normalized spacial score (nSPS) is 16.1. The van der Waals surface area contributed by atoms with Crippen molar-refractivity contribution in [3.8, 4) is 0 Å². The molecule has 1 fully saturated rings. The topological polar surface area (TPSA) is 59.8 Å². The number of aromatic nitrogens is 3. The molecule has 7 heteroatoms. The predicted molar refractivity (Wildman–Crippen MR) is 71.0 cm³/mol. The van der Waals surface area contributed by atoms with E-state index in [4.69, 9.17) is 0 Å². The summed E-state index contributed by atoms with van der Waals surface area (Å²) < 4.78 is 27.7. The van der Waals surface area contributed by atoms with Gasteiger partial charge in [0.1, 0.15) is 0 Å². The Kier molecular flexibility index (Phi) is 3.74. The van der Waals surface area contributed by atoms with E-state index in [0.717, 1.165) is 38.1 Å². The zero-order valence-corrected chi connectivity index (χ0v) is 11.2. The Labute approximate surface area is 120 Å². The molecule has 0 unspecified atom stereocenters. The highest BCUT2D eigenvalue weighted by molar-refractivity contribution is 6.07. The smallest absolute Gasteiger partial charge is 0.214 e. The molecule has 0 saturated carbocycles. The first-order valence-electron chi connectivity index (χ1n) is 6.77. The van der Waals surface area contributed by atoms with Gasteiger partial charge in [0, 0.05) is 5.56 Å². The summed E-state index contributed by atoms with van der Waals surface area (Å²) in [7, 11) is 0. The summed E-state index contributed by atoms with van der Waals surface area (Å²) in [5.74, 6) is -2.49. The molecule has 1 saturated heterocycles. The van der Waals surface area contributed by atoms with Crippen LogP contribution >= 0.6 is 0 Å². The summed E-state index contributed by atoms with van der Waals surface area (Å²) in [4.78, 5) is 12.2. The summed E-state index contributed by atoms with van der Waals surface area (Å²) in [6.45, 7) is 1.80. The van der Waals surface area contributed by atoms with Crippen molar-refractivity contribution < 1.29 is 13.6 Å². The van der Waals surface area contributed by atoms with Crippen LogP contribution in [0.25, 0.3) is 0 Å². The molecule has 21 heavy (non-hydrogen) atoms. The van der Waals surface area contributed by atoms with Gasteiger partial charge in [-0.2, -0.15) is 0 Å². The highest BCUT2D eigenvalue weighted by atomic mass is 19.2. The molecular weight excluding hydrogens is 278 g/mol. The molecular formula is C14H14F2N4O. The minimum Gasteiger partial charge on any atom is -0.317 e. The molecule has 1 N–H and O–H groups in total. The van der Waals surface area contributed by atoms with Crippen LogP contribution in [0.15, 0.2) is 24.4 Å². The second-order valence-electron chi connectivity index (χ2n) is 5.02. The van der Waals surface area contributed by atoms with Crippen LogP contribution in [0.5, 0.6) is 0 Å². The molecule has 2 aromatic rings. The van der Waals surface area contributed by atoms with Crippen LogP contribution in [0.2, 0.25) is 0 Å². The first-order chi connectivity index (χ1) is 10.1. The average Bonchev–Trinajstić information content (AvgIpc) is 3.00. The van der Waals surface area contributed by atoms with Gasteiger partial charge in [0.05, 0.1) is 12.2 Å². The van der Waals surface area contributed by atoms with Gasteiger partial charge in [0.2, 0.25) is 5.78 Å². The molecule has 110 valence electrons. The van der Waals surface area contributed by atoms with Gasteiger partial charge < -0.3 is 5.32 Å². The number of ketones is 1. The van der Waals surface area contributed by atoms with Gasteiger partial charge in [-0.1, -0.05) is 5.21 Å². The molecule has 0 bridgehead atoms. The highest BCUT2D eigenvalue weighted by Gasteiger charge is 2.20. The number of benzene rings is 1. The molecule has 0 amide bonds. The van der Waals surface area contributed by atoms with Gasteiger partial charge in [0.15, 0.2) is 17.3 Å². The van der Waals surface area contributed by atoms with Crippen LogP contribution in [0.3, 0.4) is 0 Å². The summed E-state index contributed by atoms with van der Waals surface area (Å²) in [5.41, 5.74) is 0.200. The van der Waals surface area contributed by atoms with E-state index < -0.39 is 17.4 Å². The molecule has 1 aromatic carbocycles. The Morgan fingerprint density at radius 3 is 2.71 bits per heavy atom. The summed E-state index contributed by atoms with van der Waals surface area (Å²) >= 11 is 0. The van der Waals surface area contributed by atoms with Crippen molar-refractivity contribution in [2.45, 2.75) is 18.9 Å². The van der Waals surface area contributed by atoms with Crippen LogP contribution in [-0.4, -0.2) is 33.9 Å². The minimum atomic E-state index is -1.05. The van der Waals surface area contributed by atoms with Crippen molar-refractivity contribution in [2.24, 2.45) is 0 Å². The van der Waals surface area contributed by atoms with Gasteiger partial charge in [-0.15, -0.1) is 5.10 Å². The number of piperidine rings is 1. The number of hydrogen-bond donors (Lipinski definition) is 1. The van der Waals surface area contributed by atoms with E-state index >= 15 is 0 Å². The van der Waals surface area contributed by atoms with Crippen LogP contribution in [0.4, 0.5) is 8.78 Å². The van der Waals surface area contributed by atoms with Crippen LogP contribution in [-0.2, 0) is 0 Å². The fourth-order valence-electron chi connectivity index (χ4n) is 2.42. The molecule has 0 atom stereocenters. The van der Waals surface area contributed by atoms with Gasteiger partial charge in [-0.3, -0.25) is 4.79 Å². The Bertz CT molecular complexity index is 665. The van der Waals surface area contributed by atoms with E-state index in [2.05, 4.69) is 15.6 Å². The number of rotatable bonds is 3. The van der Waals surface area contributed by atoms with Crippen molar-refractivity contribution in [3.63, 3.8) is 0 Å². The average molecular weight is 292 g/mol. The molecule has 1 aliphatic heterocycles. The Morgan fingerprint density at radius 1 is 1.24 bits per heavy atom. The monoisotopic (exact) mass is 292 g/mol. The molecule has 0 radical (unpaired) electrons. The predicted octanol–water partition coefficient (Wildman–Crippen LogP) is 1.71. The van der Waals surface area contributed by atoms with Gasteiger partial charge in [-0.05, 0) is 44.1 Å². The molecule has 2 heterocycles. The number of carbonyl (C=O) groups excluding carboxylic acids is 1. The lowest BCUT2D eigenvalue weighted by molar-refractivity contribution is 0.103. The van der Waals surface area contributed by atoms with E-state index in [1.54, 1.807) is 10.9 Å². The summed E-state index contributed by atoms with van der Waals surface area (Å²) in [6.07, 6.45) is 3.41. The third-order valence-electron chi connectivity index (χ3n) is 3.61. The molecule has 1 aromatic heterocycles. The molecule has 0 aliphatic carbocycles. The third-order valence-corrected chi connectivity index (χ3v) is 3.61. The van der Waals surface area contributed by atoms with Crippen molar-refractivity contribution in [3.05, 3.63) is 47.3 Å². The number of carbonyl (C=O) groups is 1. The van der Waals surface area contributed by atoms with Crippen molar-refractivity contribution in [2.75, 3.05) is 13.1 Å². The standard InChI is InChI=1S/C14H14F2N4O/c15-11-2-1-9(7-12(11)16)14(21)13-8-20(19-18-13)10-3-5-17-6-4-10/h1-2,7-8,10,17H,3-6H2. The van der Waals surface area contributed by atoms with Crippen molar-refractivity contribution in [1.82, 2.24) is 20.3 Å². The zero-order chi connectivity index (χ0) is 14.8. The van der Waals surface area contributed by atoms with E-state index in [0.29, 0.717) is 0 Å². The fourth-order valence-corrected chi connectivity index (χ4v) is 2.42. The molecule has 0 spiro atoms. The summed E-state index contributed by atoms with van der Waals surface area (Å²) in [5, 5.41) is 11.1. The molecule has 1 aliphatic rings. The maximum absolute atomic E-state index is 13.2. The molecule has 5 nitrogen and oxygen atoms in total. The Morgan fingerprint density at radius 2 is 2.00 bits per heavy atom. The summed E-state index contributed by atoms with van der Waals surface area (Å²) in [6, 6.07) is 3.26. The Balaban J connectivity index is 1.81. The van der Waals surface area contributed by atoms with Crippen LogP contribution in [0, 0.1) is 11.6 Å². The third kappa shape index (κ3) is 2.82. The second kappa shape index (κ2) is 5.69. The van der Waals surface area contributed by atoms with Crippen molar-refractivity contribution >= 4 is 5.78 Å². The lowest BCUT2D eigenvalue weighted by Gasteiger charge is -2.22. The zero-order valence-electron chi connectivity index (χ0n) is 11.2. The quantitative estimate of drug-likeness (QED) is 0.875. The van der Waals surface area contributed by atoms with E-state index in [-0.39, 0.29) is 17.3 Å². The van der Waals surface area contributed by atoms with Crippen LogP contribution < -0.4 is 5.32 Å². The SMILES string of the molecule is O=C(c1ccc(F)c(F)c1)c1cn(C2CCNCC2)nn1. The minimum absolute atomic E-state index is 0.0614. The maximum atomic E-state index is 13.2. The Hall–Kier alpha value is -2.15. The van der Waals surface area contributed by atoms with Crippen molar-refractivity contribution in [1.29, 1.82) is 0 Å². The largest absolute Gasteiger partial charge is 0.317 e. The van der Waals surface area contributed by atoms with Gasteiger partial charge >= 0.3 is 0 Å². The number of halogens is 2. The fraction of sp³-hybridized carbons (Fsp3) is 0.357. The second-order valence-corrected chi connectivity index (χ2v) is 5.02. The number of nitrogens with one attached hydrogen (secondary N) is 1. The highest BCUT2D eigenvalue weighted by Crippen LogP contribution is 2.18. The van der Waals surface area contributed by atoms with Crippen LogP contribution in [0.1, 0.15) is 34.9 Å². The molecule has 3 rings (SSSR count).